The lowest BCUT2D eigenvalue weighted by atomic mass is 9.98. The van der Waals surface area contributed by atoms with Crippen LogP contribution < -0.4 is 9.46 Å². The number of ether oxygens (including phenoxy) is 1. The Morgan fingerprint density at radius 2 is 1.92 bits per heavy atom. The summed E-state index contributed by atoms with van der Waals surface area (Å²) in [6.07, 6.45) is 8.68. The normalized spacial score (nSPS) is 12.2. The number of benzene rings is 2. The summed E-state index contributed by atoms with van der Waals surface area (Å²) in [7, 11) is -3.08. The number of aliphatic imine (C=N–C) groups is 1. The largest absolute Gasteiger partial charge is 0.480 e. The minimum Gasteiger partial charge on any atom is -0.480 e. The SMILES string of the molecule is C=N/C=C(\C=C/C)c1ccnc2ccc(-c3cnc(OC)c(NS(=O)(=O)c4ccc(F)cc4F)c3)cc12.[HH]. The number of sulfonamides is 1. The van der Waals surface area contributed by atoms with E-state index in [4.69, 9.17) is 4.74 Å². The van der Waals surface area contributed by atoms with Gasteiger partial charge in [-0.1, -0.05) is 18.2 Å². The number of nitrogens with zero attached hydrogens (tertiary/aromatic N) is 3. The average molecular weight is 523 g/mol. The van der Waals surface area contributed by atoms with E-state index in [1.807, 2.05) is 43.3 Å². The van der Waals surface area contributed by atoms with Crippen molar-refractivity contribution in [3.8, 4) is 17.0 Å². The molecule has 2 aromatic carbocycles. The van der Waals surface area contributed by atoms with Crippen molar-refractivity contribution in [3.05, 3.63) is 96.5 Å². The number of rotatable bonds is 8. The smallest absolute Gasteiger partial charge is 0.264 e. The van der Waals surface area contributed by atoms with Crippen LogP contribution in [0.15, 0.2) is 89.2 Å². The Labute approximate surface area is 214 Å². The molecule has 2 aromatic heterocycles. The number of pyridine rings is 2. The molecule has 37 heavy (non-hydrogen) atoms. The molecule has 4 aromatic rings. The summed E-state index contributed by atoms with van der Waals surface area (Å²) in [5, 5.41) is 0.833. The van der Waals surface area contributed by atoms with Gasteiger partial charge in [-0.3, -0.25) is 14.7 Å². The minimum atomic E-state index is -4.41. The molecule has 7 nitrogen and oxygen atoms in total. The fourth-order valence-corrected chi connectivity index (χ4v) is 4.91. The van der Waals surface area contributed by atoms with Gasteiger partial charge in [0.15, 0.2) is 0 Å². The maximum atomic E-state index is 14.2. The Kier molecular flexibility index (Phi) is 7.40. The topological polar surface area (TPSA) is 93.5 Å². The lowest BCUT2D eigenvalue weighted by molar-refractivity contribution is 0.400. The standard InChI is InChI=1S/C27H22F2N4O3S.H2/c1-4-5-18(15-30-2)21-10-11-31-24-8-6-17(12-22(21)24)19-13-25(27(36-3)32-16-19)33-37(34,35)26-9-7-20(28)14-23(26)29;/h4-16,33H,2H2,1,3H3;1H/b5-4-,18-15+;. The molecule has 0 saturated carbocycles. The average Bonchev–Trinajstić information content (AvgIpc) is 2.87. The highest BCUT2D eigenvalue weighted by molar-refractivity contribution is 7.92. The fourth-order valence-electron chi connectivity index (χ4n) is 3.80. The van der Waals surface area contributed by atoms with E-state index in [-0.39, 0.29) is 13.0 Å². The van der Waals surface area contributed by atoms with Crippen LogP contribution in [0.4, 0.5) is 14.5 Å². The Hall–Kier alpha value is -4.44. The van der Waals surface area contributed by atoms with Crippen molar-refractivity contribution >= 4 is 38.9 Å². The van der Waals surface area contributed by atoms with Gasteiger partial charge >= 0.3 is 0 Å². The monoisotopic (exact) mass is 522 g/mol. The van der Waals surface area contributed by atoms with Crippen molar-refractivity contribution in [2.45, 2.75) is 11.8 Å². The van der Waals surface area contributed by atoms with Gasteiger partial charge in [0.25, 0.3) is 10.0 Å². The predicted molar refractivity (Wildman–Crippen MR) is 143 cm³/mol. The molecule has 0 atom stereocenters. The van der Waals surface area contributed by atoms with E-state index in [0.29, 0.717) is 11.6 Å². The van der Waals surface area contributed by atoms with Gasteiger partial charge in [-0.15, -0.1) is 0 Å². The minimum absolute atomic E-state index is 0. The molecule has 10 heteroatoms. The molecule has 0 fully saturated rings. The van der Waals surface area contributed by atoms with Gasteiger partial charge in [0.1, 0.15) is 22.2 Å². The molecule has 190 valence electrons. The number of allylic oxidation sites excluding steroid dienone is 3. The molecular formula is C27H24F2N4O3S. The van der Waals surface area contributed by atoms with E-state index >= 15 is 0 Å². The first-order valence-corrected chi connectivity index (χ1v) is 12.5. The van der Waals surface area contributed by atoms with E-state index in [2.05, 4.69) is 26.4 Å². The van der Waals surface area contributed by atoms with Crippen molar-refractivity contribution in [1.29, 1.82) is 0 Å². The molecule has 0 aliphatic carbocycles. The van der Waals surface area contributed by atoms with Gasteiger partial charge in [0.2, 0.25) is 5.88 Å². The van der Waals surface area contributed by atoms with Crippen LogP contribution in [0.2, 0.25) is 0 Å². The number of aromatic nitrogens is 2. The lowest BCUT2D eigenvalue weighted by Gasteiger charge is -2.14. The molecule has 1 N–H and O–H groups in total. The third-order valence-corrected chi connectivity index (χ3v) is 6.83. The summed E-state index contributed by atoms with van der Waals surface area (Å²) in [6.45, 7) is 5.44. The first-order valence-electron chi connectivity index (χ1n) is 11.0. The molecule has 0 radical (unpaired) electrons. The van der Waals surface area contributed by atoms with E-state index in [9.17, 15) is 17.2 Å². The van der Waals surface area contributed by atoms with Crippen molar-refractivity contribution in [1.82, 2.24) is 9.97 Å². The molecule has 0 amide bonds. The predicted octanol–water partition coefficient (Wildman–Crippen LogP) is 6.25. The summed E-state index contributed by atoms with van der Waals surface area (Å²) >= 11 is 0. The number of halogens is 2. The zero-order chi connectivity index (χ0) is 26.6. The van der Waals surface area contributed by atoms with Gasteiger partial charge in [-0.25, -0.2) is 22.2 Å². The number of fused-ring (bicyclic) bond motifs is 1. The van der Waals surface area contributed by atoms with Crippen LogP contribution in [-0.2, 0) is 10.0 Å². The van der Waals surface area contributed by atoms with Crippen LogP contribution in [0.3, 0.4) is 0 Å². The third kappa shape index (κ3) is 5.39. The molecule has 2 heterocycles. The zero-order valence-corrected chi connectivity index (χ0v) is 20.8. The maximum absolute atomic E-state index is 14.2. The van der Waals surface area contributed by atoms with Gasteiger partial charge in [-0.05, 0) is 61.2 Å². The molecule has 0 unspecified atom stereocenters. The van der Waals surface area contributed by atoms with E-state index < -0.39 is 26.6 Å². The van der Waals surface area contributed by atoms with E-state index in [1.54, 1.807) is 12.4 Å². The zero-order valence-electron chi connectivity index (χ0n) is 19.9. The second-order valence-corrected chi connectivity index (χ2v) is 9.47. The highest BCUT2D eigenvalue weighted by Crippen LogP contribution is 2.33. The Morgan fingerprint density at radius 1 is 1.11 bits per heavy atom. The van der Waals surface area contributed by atoms with Gasteiger partial charge in [-0.2, -0.15) is 0 Å². The summed E-state index contributed by atoms with van der Waals surface area (Å²) in [6, 6.07) is 11.2. The van der Waals surface area contributed by atoms with Gasteiger partial charge < -0.3 is 4.74 Å². The fraction of sp³-hybridized carbons (Fsp3) is 0.0741. The van der Waals surface area contributed by atoms with Crippen LogP contribution in [0.1, 0.15) is 13.9 Å². The van der Waals surface area contributed by atoms with Gasteiger partial charge in [0.05, 0.1) is 12.6 Å². The Bertz CT molecular complexity index is 1670. The quantitative estimate of drug-likeness (QED) is 0.218. The third-order valence-electron chi connectivity index (χ3n) is 5.43. The number of methoxy groups -OCH3 is 1. The van der Waals surface area contributed by atoms with Crippen LogP contribution >= 0.6 is 0 Å². The molecular weight excluding hydrogens is 498 g/mol. The molecule has 4 rings (SSSR count). The maximum Gasteiger partial charge on any atom is 0.264 e. The lowest BCUT2D eigenvalue weighted by Crippen LogP contribution is -2.15. The number of hydrogen-bond acceptors (Lipinski definition) is 6. The van der Waals surface area contributed by atoms with Crippen molar-refractivity contribution in [2.75, 3.05) is 11.8 Å². The number of hydrogen-bond donors (Lipinski definition) is 1. The highest BCUT2D eigenvalue weighted by Gasteiger charge is 2.22. The molecule has 0 spiro atoms. The van der Waals surface area contributed by atoms with Crippen molar-refractivity contribution in [2.24, 2.45) is 4.99 Å². The first-order chi connectivity index (χ1) is 17.8. The number of anilines is 1. The summed E-state index contributed by atoms with van der Waals surface area (Å²) in [4.78, 5) is 11.8. The van der Waals surface area contributed by atoms with Crippen LogP contribution in [0, 0.1) is 11.6 Å². The molecule has 0 bridgehead atoms. The highest BCUT2D eigenvalue weighted by atomic mass is 32.2. The second kappa shape index (κ2) is 10.7. The summed E-state index contributed by atoms with van der Waals surface area (Å²) in [5.74, 6) is -2.13. The van der Waals surface area contributed by atoms with Crippen LogP contribution in [0.25, 0.3) is 27.6 Å². The Balaban J connectivity index is 0.00000400. The second-order valence-electron chi connectivity index (χ2n) is 7.82. The molecule has 0 aliphatic rings. The Morgan fingerprint density at radius 3 is 2.62 bits per heavy atom. The summed E-state index contributed by atoms with van der Waals surface area (Å²) in [5.41, 5.74) is 3.73. The van der Waals surface area contributed by atoms with E-state index in [0.717, 1.165) is 39.7 Å². The molecule has 0 aliphatic heterocycles. The first kappa shape index (κ1) is 25.6. The van der Waals surface area contributed by atoms with Gasteiger partial charge in [0, 0.05) is 42.6 Å². The van der Waals surface area contributed by atoms with Crippen LogP contribution in [-0.4, -0.2) is 32.2 Å². The molecule has 0 saturated heterocycles. The van der Waals surface area contributed by atoms with Crippen molar-refractivity contribution < 1.29 is 23.4 Å². The summed E-state index contributed by atoms with van der Waals surface area (Å²) < 4.78 is 60.8. The number of nitrogens with one attached hydrogen (secondary N) is 1. The van der Waals surface area contributed by atoms with E-state index in [1.165, 1.54) is 19.4 Å². The van der Waals surface area contributed by atoms with Crippen molar-refractivity contribution in [3.63, 3.8) is 0 Å². The van der Waals surface area contributed by atoms with Crippen LogP contribution in [0.5, 0.6) is 5.88 Å².